The molecule has 0 spiro atoms. The van der Waals surface area contributed by atoms with Crippen LogP contribution in [0.5, 0.6) is 0 Å². The lowest BCUT2D eigenvalue weighted by molar-refractivity contribution is 0.831. The quantitative estimate of drug-likeness (QED) is 0.538. The number of rotatable bonds is 5. The van der Waals surface area contributed by atoms with Crippen LogP contribution in [0.2, 0.25) is 0 Å². The lowest BCUT2D eigenvalue weighted by Crippen LogP contribution is -1.93. The average molecular weight is 218 g/mol. The molecule has 0 aromatic heterocycles. The summed E-state index contributed by atoms with van der Waals surface area (Å²) in [5, 5.41) is 7.29. The van der Waals surface area contributed by atoms with E-state index >= 15 is 0 Å². The van der Waals surface area contributed by atoms with Crippen molar-refractivity contribution in [3.8, 4) is 0 Å². The molecule has 0 aliphatic rings. The molecule has 2 nitrogen and oxygen atoms in total. The minimum absolute atomic E-state index is 0.486. The SMILES string of the molecule is CC(C)=C/C=C(/C=C\C(C)C)C(\C=N)=C/N. The molecule has 0 amide bonds. The van der Waals surface area contributed by atoms with Gasteiger partial charge in [-0.1, -0.05) is 43.7 Å². The fraction of sp³-hybridized carbons (Fsp3) is 0.357. The Morgan fingerprint density at radius 3 is 2.12 bits per heavy atom. The maximum absolute atomic E-state index is 7.29. The van der Waals surface area contributed by atoms with Crippen LogP contribution in [0.15, 0.2) is 47.2 Å². The van der Waals surface area contributed by atoms with E-state index in [1.807, 2.05) is 32.1 Å². The predicted molar refractivity (Wildman–Crippen MR) is 72.5 cm³/mol. The van der Waals surface area contributed by atoms with E-state index in [1.165, 1.54) is 18.0 Å². The molecular weight excluding hydrogens is 196 g/mol. The van der Waals surface area contributed by atoms with Gasteiger partial charge in [0.2, 0.25) is 0 Å². The Morgan fingerprint density at radius 2 is 1.75 bits per heavy atom. The van der Waals surface area contributed by atoms with Gasteiger partial charge in [-0.25, -0.2) is 0 Å². The summed E-state index contributed by atoms with van der Waals surface area (Å²) in [5.41, 5.74) is 8.40. The molecule has 0 bridgehead atoms. The third-order valence-electron chi connectivity index (χ3n) is 1.93. The first-order valence-corrected chi connectivity index (χ1v) is 5.47. The standard InChI is InChI=1S/C14H22N2/c1-11(2)5-7-13(8-6-12(3)4)14(9-15)10-16/h5-11,15H,16H2,1-4H3/b7-5-,13-8-,14-10-,15-9?. The van der Waals surface area contributed by atoms with Crippen LogP contribution in [0.1, 0.15) is 27.7 Å². The summed E-state index contributed by atoms with van der Waals surface area (Å²) in [6.07, 6.45) is 10.8. The van der Waals surface area contributed by atoms with Gasteiger partial charge < -0.3 is 11.1 Å². The highest BCUT2D eigenvalue weighted by Crippen LogP contribution is 2.11. The molecule has 0 unspecified atom stereocenters. The van der Waals surface area contributed by atoms with Crippen LogP contribution < -0.4 is 5.73 Å². The van der Waals surface area contributed by atoms with E-state index < -0.39 is 0 Å². The Labute approximate surface area is 98.8 Å². The van der Waals surface area contributed by atoms with Gasteiger partial charge in [0.15, 0.2) is 0 Å². The van der Waals surface area contributed by atoms with Gasteiger partial charge in [0, 0.05) is 18.0 Å². The number of nitrogens with one attached hydrogen (secondary N) is 1. The zero-order valence-corrected chi connectivity index (χ0v) is 10.6. The van der Waals surface area contributed by atoms with Crippen molar-refractivity contribution in [1.29, 1.82) is 5.41 Å². The van der Waals surface area contributed by atoms with Crippen LogP contribution >= 0.6 is 0 Å². The van der Waals surface area contributed by atoms with Crippen LogP contribution in [0.3, 0.4) is 0 Å². The Hall–Kier alpha value is -1.57. The molecule has 0 rings (SSSR count). The minimum Gasteiger partial charge on any atom is -0.404 e. The van der Waals surface area contributed by atoms with E-state index in [4.69, 9.17) is 11.1 Å². The van der Waals surface area contributed by atoms with Crippen molar-refractivity contribution < 1.29 is 0 Å². The van der Waals surface area contributed by atoms with Gasteiger partial charge >= 0.3 is 0 Å². The highest BCUT2D eigenvalue weighted by molar-refractivity contribution is 5.83. The summed E-state index contributed by atoms with van der Waals surface area (Å²) >= 11 is 0. The van der Waals surface area contributed by atoms with Gasteiger partial charge in [0.05, 0.1) is 0 Å². The Bertz CT molecular complexity index is 338. The molecule has 88 valence electrons. The molecular formula is C14H22N2. The Balaban J connectivity index is 5.13. The number of allylic oxidation sites excluding steroid dienone is 7. The summed E-state index contributed by atoms with van der Waals surface area (Å²) in [4.78, 5) is 0. The molecule has 2 heteroatoms. The highest BCUT2D eigenvalue weighted by Gasteiger charge is 1.97. The highest BCUT2D eigenvalue weighted by atomic mass is 14.5. The van der Waals surface area contributed by atoms with Crippen LogP contribution in [-0.4, -0.2) is 6.21 Å². The normalized spacial score (nSPS) is 13.3. The minimum atomic E-state index is 0.486. The van der Waals surface area contributed by atoms with E-state index in [2.05, 4.69) is 19.9 Å². The molecule has 0 aromatic carbocycles. The monoisotopic (exact) mass is 218 g/mol. The van der Waals surface area contributed by atoms with Crippen molar-refractivity contribution in [2.24, 2.45) is 11.7 Å². The predicted octanol–water partition coefficient (Wildman–Crippen LogP) is 3.58. The van der Waals surface area contributed by atoms with Crippen LogP contribution in [0, 0.1) is 11.3 Å². The van der Waals surface area contributed by atoms with Gasteiger partial charge in [0.25, 0.3) is 0 Å². The average Bonchev–Trinajstić information content (AvgIpc) is 2.22. The number of hydrogen-bond donors (Lipinski definition) is 2. The van der Waals surface area contributed by atoms with Crippen molar-refractivity contribution in [3.63, 3.8) is 0 Å². The van der Waals surface area contributed by atoms with Crippen molar-refractivity contribution in [3.05, 3.63) is 47.2 Å². The molecule has 0 radical (unpaired) electrons. The lowest BCUT2D eigenvalue weighted by Gasteiger charge is -2.02. The lowest BCUT2D eigenvalue weighted by atomic mass is 10.0. The second kappa shape index (κ2) is 7.69. The largest absolute Gasteiger partial charge is 0.404 e. The molecule has 0 aromatic rings. The van der Waals surface area contributed by atoms with Crippen molar-refractivity contribution >= 4 is 6.21 Å². The van der Waals surface area contributed by atoms with Gasteiger partial charge in [-0.3, -0.25) is 0 Å². The van der Waals surface area contributed by atoms with Crippen molar-refractivity contribution in [2.45, 2.75) is 27.7 Å². The smallest absolute Gasteiger partial charge is 0.0270 e. The molecule has 0 saturated carbocycles. The van der Waals surface area contributed by atoms with Gasteiger partial charge in [-0.2, -0.15) is 0 Å². The molecule has 0 atom stereocenters. The molecule has 0 aliphatic carbocycles. The summed E-state index contributed by atoms with van der Waals surface area (Å²) in [6, 6.07) is 0. The van der Waals surface area contributed by atoms with Crippen molar-refractivity contribution in [2.75, 3.05) is 0 Å². The molecule has 0 aliphatic heterocycles. The molecule has 0 fully saturated rings. The molecule has 0 heterocycles. The maximum Gasteiger partial charge on any atom is 0.0270 e. The molecule has 3 N–H and O–H groups in total. The first kappa shape index (κ1) is 14.4. The third kappa shape index (κ3) is 6.02. The first-order valence-electron chi connectivity index (χ1n) is 5.47. The van der Waals surface area contributed by atoms with E-state index in [-0.39, 0.29) is 0 Å². The van der Waals surface area contributed by atoms with Gasteiger partial charge in [-0.15, -0.1) is 0 Å². The maximum atomic E-state index is 7.29. The van der Waals surface area contributed by atoms with Crippen LogP contribution in [0.4, 0.5) is 0 Å². The summed E-state index contributed by atoms with van der Waals surface area (Å²) in [5.74, 6) is 0.486. The molecule has 0 saturated heterocycles. The fourth-order valence-electron chi connectivity index (χ4n) is 1.03. The van der Waals surface area contributed by atoms with E-state index in [0.29, 0.717) is 5.92 Å². The van der Waals surface area contributed by atoms with Gasteiger partial charge in [0.1, 0.15) is 0 Å². The number of hydrogen-bond acceptors (Lipinski definition) is 2. The fourth-order valence-corrected chi connectivity index (χ4v) is 1.03. The molecule has 16 heavy (non-hydrogen) atoms. The van der Waals surface area contributed by atoms with Gasteiger partial charge in [-0.05, 0) is 25.3 Å². The van der Waals surface area contributed by atoms with Crippen LogP contribution in [0.25, 0.3) is 0 Å². The van der Waals surface area contributed by atoms with E-state index in [1.54, 1.807) is 0 Å². The number of nitrogens with two attached hydrogens (primary N) is 1. The summed E-state index contributed by atoms with van der Waals surface area (Å²) in [7, 11) is 0. The third-order valence-corrected chi connectivity index (χ3v) is 1.93. The summed E-state index contributed by atoms with van der Waals surface area (Å²) in [6.45, 7) is 8.31. The second-order valence-electron chi connectivity index (χ2n) is 4.24. The van der Waals surface area contributed by atoms with Crippen molar-refractivity contribution in [1.82, 2.24) is 0 Å². The first-order chi connectivity index (χ1) is 7.51. The van der Waals surface area contributed by atoms with E-state index in [0.717, 1.165) is 11.1 Å². The second-order valence-corrected chi connectivity index (χ2v) is 4.24. The zero-order valence-electron chi connectivity index (χ0n) is 10.6. The Kier molecular flexibility index (Phi) is 6.93. The topological polar surface area (TPSA) is 49.9 Å². The summed E-state index contributed by atoms with van der Waals surface area (Å²) < 4.78 is 0. The van der Waals surface area contributed by atoms with Crippen LogP contribution in [-0.2, 0) is 0 Å². The van der Waals surface area contributed by atoms with E-state index in [9.17, 15) is 0 Å². The zero-order chi connectivity index (χ0) is 12.6. The Morgan fingerprint density at radius 1 is 1.12 bits per heavy atom.